The number of nitriles is 1. The first-order chi connectivity index (χ1) is 11.6. The number of ether oxygens (including phenoxy) is 2. The minimum atomic E-state index is -0.579. The molecule has 1 amide bonds. The van der Waals surface area contributed by atoms with Crippen LogP contribution in [-0.4, -0.2) is 25.2 Å². The van der Waals surface area contributed by atoms with Gasteiger partial charge in [0.15, 0.2) is 0 Å². The molecule has 2 N–H and O–H groups in total. The molecule has 0 aromatic heterocycles. The first-order valence-electron chi connectivity index (χ1n) is 7.01. The molecule has 2 aromatic rings. The summed E-state index contributed by atoms with van der Waals surface area (Å²) in [5.74, 6) is 0.530. The number of methoxy groups -OCH3 is 2. The summed E-state index contributed by atoms with van der Waals surface area (Å²) in [6.07, 6.45) is 1.30. The first kappa shape index (κ1) is 16.9. The summed E-state index contributed by atoms with van der Waals surface area (Å²) in [5, 5.41) is 21.7. The average molecular weight is 324 g/mol. The van der Waals surface area contributed by atoms with Crippen molar-refractivity contribution in [3.8, 4) is 23.3 Å². The maximum Gasteiger partial charge on any atom is 0.266 e. The molecule has 0 aliphatic rings. The topological polar surface area (TPSA) is 91.6 Å². The molecule has 6 heteroatoms. The average Bonchev–Trinajstić information content (AvgIpc) is 2.61. The fraction of sp³-hybridized carbons (Fsp3) is 0.111. The van der Waals surface area contributed by atoms with E-state index in [0.29, 0.717) is 22.7 Å². The summed E-state index contributed by atoms with van der Waals surface area (Å²) in [6, 6.07) is 13.1. The van der Waals surface area contributed by atoms with Crippen molar-refractivity contribution in [1.82, 2.24) is 0 Å². The number of nitrogens with zero attached hydrogens (tertiary/aromatic N) is 1. The highest BCUT2D eigenvalue weighted by molar-refractivity contribution is 6.09. The van der Waals surface area contributed by atoms with Crippen molar-refractivity contribution in [3.05, 3.63) is 53.6 Å². The second-order valence-corrected chi connectivity index (χ2v) is 4.78. The summed E-state index contributed by atoms with van der Waals surface area (Å²) in [4.78, 5) is 12.2. The van der Waals surface area contributed by atoms with Crippen LogP contribution in [0.3, 0.4) is 0 Å². The molecule has 0 aliphatic heterocycles. The van der Waals surface area contributed by atoms with Crippen LogP contribution in [0.2, 0.25) is 0 Å². The fourth-order valence-electron chi connectivity index (χ4n) is 1.95. The first-order valence-corrected chi connectivity index (χ1v) is 7.01. The monoisotopic (exact) mass is 324 g/mol. The van der Waals surface area contributed by atoms with Gasteiger partial charge in [-0.3, -0.25) is 4.79 Å². The number of amides is 1. The summed E-state index contributed by atoms with van der Waals surface area (Å²) in [7, 11) is 3.03. The zero-order chi connectivity index (χ0) is 17.5. The number of nitrogens with one attached hydrogen (secondary N) is 1. The second-order valence-electron chi connectivity index (χ2n) is 4.78. The van der Waals surface area contributed by atoms with Gasteiger partial charge in [-0.2, -0.15) is 5.26 Å². The van der Waals surface area contributed by atoms with Gasteiger partial charge in [0.2, 0.25) is 0 Å². The maximum absolute atomic E-state index is 12.2. The van der Waals surface area contributed by atoms with Gasteiger partial charge in [-0.1, -0.05) is 0 Å². The van der Waals surface area contributed by atoms with Crippen LogP contribution in [0.5, 0.6) is 17.2 Å². The second kappa shape index (κ2) is 7.70. The molecule has 122 valence electrons. The molecule has 0 radical (unpaired) electrons. The normalized spacial score (nSPS) is 10.6. The van der Waals surface area contributed by atoms with Gasteiger partial charge >= 0.3 is 0 Å². The summed E-state index contributed by atoms with van der Waals surface area (Å²) < 4.78 is 10.1. The van der Waals surface area contributed by atoms with Crippen LogP contribution in [0.15, 0.2) is 48.0 Å². The Hall–Kier alpha value is -3.46. The van der Waals surface area contributed by atoms with Gasteiger partial charge in [0.1, 0.15) is 28.9 Å². The van der Waals surface area contributed by atoms with E-state index in [9.17, 15) is 15.2 Å². The molecule has 0 bridgehead atoms. The van der Waals surface area contributed by atoms with E-state index in [0.717, 1.165) is 0 Å². The smallest absolute Gasteiger partial charge is 0.266 e. The van der Waals surface area contributed by atoms with Crippen molar-refractivity contribution < 1.29 is 19.4 Å². The quantitative estimate of drug-likeness (QED) is 0.652. The van der Waals surface area contributed by atoms with Crippen LogP contribution in [0.25, 0.3) is 6.08 Å². The van der Waals surface area contributed by atoms with E-state index in [1.807, 2.05) is 6.07 Å². The molecule has 2 rings (SSSR count). The van der Waals surface area contributed by atoms with Gasteiger partial charge < -0.3 is 19.9 Å². The van der Waals surface area contributed by atoms with Gasteiger partial charge in [-0.05, 0) is 48.5 Å². The molecule has 0 saturated heterocycles. The molecule has 0 saturated carbocycles. The lowest BCUT2D eigenvalue weighted by atomic mass is 10.1. The van der Waals surface area contributed by atoms with Crippen LogP contribution in [-0.2, 0) is 4.79 Å². The van der Waals surface area contributed by atoms with Crippen molar-refractivity contribution >= 4 is 17.7 Å². The Morgan fingerprint density at radius 2 is 1.75 bits per heavy atom. The highest BCUT2D eigenvalue weighted by Gasteiger charge is 2.11. The number of phenols is 1. The van der Waals surface area contributed by atoms with Crippen molar-refractivity contribution in [2.75, 3.05) is 19.5 Å². The molecule has 24 heavy (non-hydrogen) atoms. The van der Waals surface area contributed by atoms with E-state index in [2.05, 4.69) is 5.32 Å². The Kier molecular flexibility index (Phi) is 5.42. The van der Waals surface area contributed by atoms with Crippen LogP contribution < -0.4 is 14.8 Å². The summed E-state index contributed by atoms with van der Waals surface area (Å²) >= 11 is 0. The van der Waals surface area contributed by atoms with Gasteiger partial charge in [0.25, 0.3) is 5.91 Å². The molecule has 0 aliphatic carbocycles. The lowest BCUT2D eigenvalue weighted by molar-refractivity contribution is -0.112. The van der Waals surface area contributed by atoms with E-state index in [4.69, 9.17) is 9.47 Å². The van der Waals surface area contributed by atoms with Gasteiger partial charge in [-0.15, -0.1) is 0 Å². The lowest BCUT2D eigenvalue weighted by Crippen LogP contribution is -2.13. The molecule has 0 spiro atoms. The minimum absolute atomic E-state index is 0.0548. The number of carbonyl (C=O) groups is 1. The fourth-order valence-corrected chi connectivity index (χ4v) is 1.95. The van der Waals surface area contributed by atoms with Crippen molar-refractivity contribution in [2.45, 2.75) is 0 Å². The molecule has 0 fully saturated rings. The van der Waals surface area contributed by atoms with Crippen molar-refractivity contribution in [3.63, 3.8) is 0 Å². The SMILES string of the molecule is COc1ccc(NC(=O)C(C#N)=Cc2cc(OC)ccc2O)cc1. The molecule has 6 nitrogen and oxygen atoms in total. The number of hydrogen-bond acceptors (Lipinski definition) is 5. The minimum Gasteiger partial charge on any atom is -0.507 e. The third-order valence-corrected chi connectivity index (χ3v) is 3.25. The summed E-state index contributed by atoms with van der Waals surface area (Å²) in [6.45, 7) is 0. The lowest BCUT2D eigenvalue weighted by Gasteiger charge is -2.07. The maximum atomic E-state index is 12.2. The van der Waals surface area contributed by atoms with E-state index >= 15 is 0 Å². The highest BCUT2D eigenvalue weighted by Crippen LogP contribution is 2.25. The van der Waals surface area contributed by atoms with Crippen molar-refractivity contribution in [2.24, 2.45) is 0 Å². The molecule has 0 unspecified atom stereocenters. The van der Waals surface area contributed by atoms with E-state index in [-0.39, 0.29) is 11.3 Å². The predicted octanol–water partition coefficient (Wildman–Crippen LogP) is 2.96. The number of phenolic OH excluding ortho intramolecular Hbond substituents is 1. The standard InChI is InChI=1S/C18H16N2O4/c1-23-15-5-3-14(4-6-15)20-18(22)13(11-19)9-12-10-16(24-2)7-8-17(12)21/h3-10,21H,1-2H3,(H,20,22). The van der Waals surface area contributed by atoms with Crippen LogP contribution in [0, 0.1) is 11.3 Å². The Bertz CT molecular complexity index is 805. The number of carbonyl (C=O) groups excluding carboxylic acids is 1. The Labute approximate surface area is 139 Å². The van der Waals surface area contributed by atoms with Crippen LogP contribution in [0.4, 0.5) is 5.69 Å². The largest absolute Gasteiger partial charge is 0.507 e. The Morgan fingerprint density at radius 3 is 2.33 bits per heavy atom. The third kappa shape index (κ3) is 4.05. The predicted molar refractivity (Wildman–Crippen MR) is 89.9 cm³/mol. The zero-order valence-corrected chi connectivity index (χ0v) is 13.2. The summed E-state index contributed by atoms with van der Waals surface area (Å²) in [5.41, 5.74) is 0.696. The van der Waals surface area contributed by atoms with Crippen LogP contribution >= 0.6 is 0 Å². The number of anilines is 1. The number of aromatic hydroxyl groups is 1. The van der Waals surface area contributed by atoms with E-state index < -0.39 is 5.91 Å². The van der Waals surface area contributed by atoms with Gasteiger partial charge in [0.05, 0.1) is 14.2 Å². The van der Waals surface area contributed by atoms with Gasteiger partial charge in [-0.25, -0.2) is 0 Å². The van der Waals surface area contributed by atoms with E-state index in [1.54, 1.807) is 37.4 Å². The highest BCUT2D eigenvalue weighted by atomic mass is 16.5. The number of rotatable bonds is 5. The number of hydrogen-bond donors (Lipinski definition) is 2. The third-order valence-electron chi connectivity index (χ3n) is 3.25. The molecule has 0 heterocycles. The molecule has 2 aromatic carbocycles. The Morgan fingerprint density at radius 1 is 1.12 bits per heavy atom. The Balaban J connectivity index is 2.23. The van der Waals surface area contributed by atoms with Crippen LogP contribution in [0.1, 0.15) is 5.56 Å². The van der Waals surface area contributed by atoms with Gasteiger partial charge in [0, 0.05) is 11.3 Å². The van der Waals surface area contributed by atoms with Crippen molar-refractivity contribution in [1.29, 1.82) is 5.26 Å². The molecular formula is C18H16N2O4. The zero-order valence-electron chi connectivity index (χ0n) is 13.2. The molecular weight excluding hydrogens is 308 g/mol. The number of benzene rings is 2. The van der Waals surface area contributed by atoms with E-state index in [1.165, 1.54) is 25.3 Å². The molecule has 0 atom stereocenters.